The molecule has 0 saturated heterocycles. The summed E-state index contributed by atoms with van der Waals surface area (Å²) < 4.78 is 251. The van der Waals surface area contributed by atoms with Crippen molar-refractivity contribution in [2.75, 3.05) is 0 Å². The van der Waals surface area contributed by atoms with Crippen LogP contribution in [0.3, 0.4) is 0 Å². The minimum Gasteiger partial charge on any atom is -0.418 e. The highest BCUT2D eigenvalue weighted by Crippen LogP contribution is 2.63. The van der Waals surface area contributed by atoms with E-state index in [1.165, 1.54) is 0 Å². The van der Waals surface area contributed by atoms with E-state index in [1.807, 2.05) is 4.98 Å². The number of diazo groups is 1. The van der Waals surface area contributed by atoms with Crippen molar-refractivity contribution in [2.24, 2.45) is 0 Å². The average molecular weight is 592 g/mol. The van der Waals surface area contributed by atoms with Gasteiger partial charge in [-0.3, -0.25) is 0 Å². The van der Waals surface area contributed by atoms with Crippen LogP contribution in [0.25, 0.3) is 4.98 Å². The van der Waals surface area contributed by atoms with Crippen LogP contribution in [0.15, 0.2) is 24.3 Å². The van der Waals surface area contributed by atoms with E-state index in [2.05, 4.69) is 0 Å². The van der Waals surface area contributed by atoms with E-state index < -0.39 is 66.4 Å². The van der Waals surface area contributed by atoms with Crippen LogP contribution >= 0.6 is 0 Å². The van der Waals surface area contributed by atoms with E-state index in [0.29, 0.717) is 12.1 Å². The molecule has 0 saturated carbocycles. The predicted octanol–water partition coefficient (Wildman–Crippen LogP) is 8.64. The maximum absolute atomic E-state index is 14.0. The molecule has 0 heterocycles. The molecule has 1 atom stereocenters. The lowest BCUT2D eigenvalue weighted by Gasteiger charge is -2.41. The lowest BCUT2D eigenvalue weighted by atomic mass is 9.87. The van der Waals surface area contributed by atoms with Gasteiger partial charge >= 0.3 is 54.7 Å². The third-order valence-corrected chi connectivity index (χ3v) is 3.95. The summed E-state index contributed by atoms with van der Waals surface area (Å²) in [6, 6.07) is 1.01. The van der Waals surface area contributed by atoms with Crippen molar-refractivity contribution >= 4 is 12.9 Å². The summed E-state index contributed by atoms with van der Waals surface area (Å²) >= 11 is 0. The molecule has 0 radical (unpaired) electrons. The number of hydrogen-bond acceptors (Lipinski definition) is 1. The minimum atomic E-state index is -8.39. The van der Waals surface area contributed by atoms with Crippen molar-refractivity contribution in [3.05, 3.63) is 34.8 Å². The first-order valence-corrected chi connectivity index (χ1v) is 8.25. The van der Waals surface area contributed by atoms with Crippen LogP contribution in [-0.4, -0.2) is 49.2 Å². The van der Waals surface area contributed by atoms with Crippen molar-refractivity contribution in [2.45, 2.75) is 47.9 Å². The zero-order valence-electron chi connectivity index (χ0n) is 16.4. The quantitative estimate of drug-likeness (QED) is 0.177. The molecule has 214 valence electrons. The van der Waals surface area contributed by atoms with Gasteiger partial charge in [0.1, 0.15) is 5.56 Å². The molecule has 0 fully saturated rings. The summed E-state index contributed by atoms with van der Waals surface area (Å²) in [5.74, 6) is -47.1. The van der Waals surface area contributed by atoms with Crippen LogP contribution in [0, 0.1) is 5.39 Å². The molecule has 0 aliphatic carbocycles. The van der Waals surface area contributed by atoms with E-state index in [-0.39, 0.29) is 12.1 Å². The SMILES string of the molecule is F[B-](F)(F)F.N#[N+]c1ccccc1C(F)(F)C(F)(F)C(F)(F)C(F)(F)C(F)(F)C(F)(F)C(F)C(F)(F)F. The van der Waals surface area contributed by atoms with Gasteiger partial charge in [0.25, 0.3) is 6.17 Å². The first kappa shape index (κ1) is 34.3. The van der Waals surface area contributed by atoms with Gasteiger partial charge in [0.05, 0.1) is 0 Å². The molecule has 0 aliphatic heterocycles. The maximum Gasteiger partial charge on any atom is 0.673 e. The van der Waals surface area contributed by atoms with Gasteiger partial charge < -0.3 is 17.3 Å². The zero-order chi connectivity index (χ0) is 30.3. The molecule has 0 spiro atoms. The Balaban J connectivity index is 0.00000235. The van der Waals surface area contributed by atoms with Gasteiger partial charge in [-0.2, -0.15) is 65.9 Å². The maximum atomic E-state index is 14.0. The number of halogens is 20. The second-order valence-electron chi connectivity index (χ2n) is 6.51. The molecule has 1 unspecified atom stereocenters. The highest BCUT2D eigenvalue weighted by atomic mass is 19.5. The Morgan fingerprint density at radius 3 is 1.32 bits per heavy atom. The van der Waals surface area contributed by atoms with E-state index in [1.54, 1.807) is 0 Å². The summed E-state index contributed by atoms with van der Waals surface area (Å²) in [5.41, 5.74) is -4.18. The molecule has 1 aromatic carbocycles. The molecule has 1 rings (SSSR count). The third-order valence-electron chi connectivity index (χ3n) is 3.95. The highest BCUT2D eigenvalue weighted by Gasteiger charge is 2.92. The number of alkyl halides is 16. The van der Waals surface area contributed by atoms with Gasteiger partial charge in [-0.05, 0) is 6.07 Å². The summed E-state index contributed by atoms with van der Waals surface area (Å²) in [6.45, 7) is 0. The molecule has 0 bridgehead atoms. The topological polar surface area (TPSA) is 28.1 Å². The van der Waals surface area contributed by atoms with Crippen molar-refractivity contribution in [3.8, 4) is 0 Å². The lowest BCUT2D eigenvalue weighted by molar-refractivity contribution is -0.437. The van der Waals surface area contributed by atoms with Gasteiger partial charge in [0.2, 0.25) is 5.39 Å². The van der Waals surface area contributed by atoms with E-state index >= 15 is 0 Å². The van der Waals surface area contributed by atoms with Crippen LogP contribution < -0.4 is 0 Å². The average Bonchev–Trinajstić information content (AvgIpc) is 2.70. The highest BCUT2D eigenvalue weighted by molar-refractivity contribution is 6.50. The van der Waals surface area contributed by atoms with Crippen molar-refractivity contribution in [1.82, 2.24) is 0 Å². The number of hydrogen-bond donors (Lipinski definition) is 0. The normalized spacial score (nSPS) is 15.4. The molecule has 0 amide bonds. The van der Waals surface area contributed by atoms with E-state index in [0.717, 1.165) is 0 Å². The minimum absolute atomic E-state index is 0.218. The lowest BCUT2D eigenvalue weighted by Crippen LogP contribution is -2.72. The summed E-state index contributed by atoms with van der Waals surface area (Å²) in [7, 11) is -6.00. The number of benzene rings is 1. The summed E-state index contributed by atoms with van der Waals surface area (Å²) in [5, 5.41) is 8.43. The molecule has 2 nitrogen and oxygen atoms in total. The van der Waals surface area contributed by atoms with Gasteiger partial charge in [0, 0.05) is 6.07 Å². The smallest absolute Gasteiger partial charge is 0.418 e. The van der Waals surface area contributed by atoms with Gasteiger partial charge in [-0.15, -0.1) is 0 Å². The van der Waals surface area contributed by atoms with Crippen LogP contribution in [0.5, 0.6) is 0 Å². The fourth-order valence-corrected chi connectivity index (χ4v) is 2.16. The molecular formula is C14H5BF20N2. The second-order valence-corrected chi connectivity index (χ2v) is 6.51. The molecule has 37 heavy (non-hydrogen) atoms. The van der Waals surface area contributed by atoms with Crippen LogP contribution in [0.1, 0.15) is 5.56 Å². The summed E-state index contributed by atoms with van der Waals surface area (Å²) in [6.07, 6.45) is -13.4. The van der Waals surface area contributed by atoms with Gasteiger partial charge in [-0.1, -0.05) is 12.1 Å². The first-order chi connectivity index (χ1) is 16.0. The Bertz CT molecular complexity index is 968. The molecule has 1 aromatic rings. The number of rotatable bonds is 7. The standard InChI is InChI=1S/C14H5F16N2.BF4/c15-7(10(20,21)22)9(18,19)12(25,26)14(29,30)13(27,28)11(23,24)8(16,17)5-3-1-2-4-6(5)32-31;2-1(3,4)5/h1-4,7H;/q+1;-1. The fraction of sp³-hybridized carbons (Fsp3) is 0.571. The third kappa shape index (κ3) is 6.07. The van der Waals surface area contributed by atoms with Crippen molar-refractivity contribution in [1.29, 1.82) is 5.39 Å². The second kappa shape index (κ2) is 9.88. The largest absolute Gasteiger partial charge is 0.673 e. The van der Waals surface area contributed by atoms with Gasteiger partial charge in [-0.25, -0.2) is 4.39 Å². The van der Waals surface area contributed by atoms with Crippen molar-refractivity contribution < 1.29 is 87.5 Å². The number of nitrogens with zero attached hydrogens (tertiary/aromatic N) is 2. The van der Waals surface area contributed by atoms with E-state index in [4.69, 9.17) is 5.39 Å². The predicted molar refractivity (Wildman–Crippen MR) is 81.0 cm³/mol. The Hall–Kier alpha value is -2.70. The molecule has 0 aromatic heterocycles. The summed E-state index contributed by atoms with van der Waals surface area (Å²) in [4.78, 5) is 1.94. The first-order valence-electron chi connectivity index (χ1n) is 8.25. The van der Waals surface area contributed by atoms with E-state index in [9.17, 15) is 87.5 Å². The molecule has 23 heteroatoms. The Morgan fingerprint density at radius 1 is 0.622 bits per heavy atom. The van der Waals surface area contributed by atoms with Crippen LogP contribution in [0.2, 0.25) is 0 Å². The van der Waals surface area contributed by atoms with Gasteiger partial charge in [0.15, 0.2) is 4.98 Å². The monoisotopic (exact) mass is 592 g/mol. The Labute approximate surface area is 189 Å². The Morgan fingerprint density at radius 2 is 0.973 bits per heavy atom. The molecule has 0 N–H and O–H groups in total. The fourth-order valence-electron chi connectivity index (χ4n) is 2.16. The van der Waals surface area contributed by atoms with Crippen LogP contribution in [0.4, 0.5) is 93.2 Å². The molecule has 0 aliphatic rings. The van der Waals surface area contributed by atoms with Crippen molar-refractivity contribution in [3.63, 3.8) is 0 Å². The molecular weight excluding hydrogens is 587 g/mol. The zero-order valence-corrected chi connectivity index (χ0v) is 16.4. The van der Waals surface area contributed by atoms with Crippen LogP contribution in [-0.2, 0) is 5.92 Å². The Kier molecular flexibility index (Phi) is 9.16.